The predicted octanol–water partition coefficient (Wildman–Crippen LogP) is 1.43. The van der Waals surface area contributed by atoms with Gasteiger partial charge in [0.05, 0.1) is 9.92 Å². The summed E-state index contributed by atoms with van der Waals surface area (Å²) in [6.45, 7) is 2.57. The molecule has 0 fully saturated rings. The van der Waals surface area contributed by atoms with Crippen LogP contribution in [0.3, 0.4) is 0 Å². The van der Waals surface area contributed by atoms with Crippen LogP contribution in [-0.2, 0) is 16.6 Å². The maximum absolute atomic E-state index is 13.8. The molecule has 1 atom stereocenters. The van der Waals surface area contributed by atoms with Gasteiger partial charge in [-0.2, -0.15) is 0 Å². The molecule has 0 aliphatic rings. The first-order valence-electron chi connectivity index (χ1n) is 6.47. The molecule has 1 unspecified atom stereocenters. The molecule has 0 aliphatic heterocycles. The maximum atomic E-state index is 13.8. The molecule has 0 heterocycles. The number of nitrogens with one attached hydrogen (secondary N) is 2. The summed E-state index contributed by atoms with van der Waals surface area (Å²) in [6, 6.07) is 2.02. The maximum Gasteiger partial charge on any atom is 0.240 e. The Balaban J connectivity index is 3.08. The van der Waals surface area contributed by atoms with Crippen molar-refractivity contribution in [3.05, 3.63) is 28.5 Å². The molecular weight excluding hydrogens is 317 g/mol. The molecule has 0 spiro atoms. The van der Waals surface area contributed by atoms with Gasteiger partial charge in [0.1, 0.15) is 5.82 Å². The van der Waals surface area contributed by atoms with Crippen molar-refractivity contribution in [2.75, 3.05) is 27.7 Å². The number of nitrogens with zero attached hydrogens (tertiary/aromatic N) is 1. The zero-order valence-corrected chi connectivity index (χ0v) is 14.1. The largest absolute Gasteiger partial charge is 0.316 e. The van der Waals surface area contributed by atoms with Crippen LogP contribution in [0.2, 0.25) is 5.02 Å². The van der Waals surface area contributed by atoms with Crippen molar-refractivity contribution in [3.63, 3.8) is 0 Å². The number of rotatable bonds is 7. The molecule has 0 radical (unpaired) electrons. The highest BCUT2D eigenvalue weighted by atomic mass is 35.5. The van der Waals surface area contributed by atoms with Crippen molar-refractivity contribution in [3.8, 4) is 0 Å². The van der Waals surface area contributed by atoms with Crippen LogP contribution in [0.15, 0.2) is 17.0 Å². The summed E-state index contributed by atoms with van der Waals surface area (Å²) < 4.78 is 40.9. The second kappa shape index (κ2) is 7.51. The molecule has 0 bridgehead atoms. The lowest BCUT2D eigenvalue weighted by Crippen LogP contribution is -2.39. The van der Waals surface area contributed by atoms with Gasteiger partial charge in [0.25, 0.3) is 0 Å². The number of benzene rings is 1. The molecule has 0 saturated carbocycles. The van der Waals surface area contributed by atoms with Crippen LogP contribution in [0.1, 0.15) is 12.5 Å². The van der Waals surface area contributed by atoms with Gasteiger partial charge < -0.3 is 10.2 Å². The number of hydrogen-bond donors (Lipinski definition) is 2. The second-order valence-electron chi connectivity index (χ2n) is 5.19. The molecule has 0 amide bonds. The minimum atomic E-state index is -3.79. The molecule has 0 saturated heterocycles. The van der Waals surface area contributed by atoms with Gasteiger partial charge in [0, 0.05) is 19.1 Å². The lowest BCUT2D eigenvalue weighted by Gasteiger charge is -2.19. The van der Waals surface area contributed by atoms with Crippen LogP contribution in [0.25, 0.3) is 0 Å². The molecular formula is C13H21ClFN3O2S. The first-order valence-corrected chi connectivity index (χ1v) is 8.33. The third kappa shape index (κ3) is 5.19. The highest BCUT2D eigenvalue weighted by Crippen LogP contribution is 2.24. The second-order valence-corrected chi connectivity index (χ2v) is 7.29. The van der Waals surface area contributed by atoms with E-state index in [1.165, 1.54) is 6.07 Å². The highest BCUT2D eigenvalue weighted by molar-refractivity contribution is 7.89. The first kappa shape index (κ1) is 18.3. The van der Waals surface area contributed by atoms with Crippen molar-refractivity contribution >= 4 is 21.6 Å². The Morgan fingerprint density at radius 1 is 1.38 bits per heavy atom. The summed E-state index contributed by atoms with van der Waals surface area (Å²) in [5.74, 6) is -0.745. The predicted molar refractivity (Wildman–Crippen MR) is 82.5 cm³/mol. The summed E-state index contributed by atoms with van der Waals surface area (Å²) in [7, 11) is 1.58. The quantitative estimate of drug-likeness (QED) is 0.790. The lowest BCUT2D eigenvalue weighted by molar-refractivity contribution is 0.370. The first-order chi connectivity index (χ1) is 9.67. The monoisotopic (exact) mass is 337 g/mol. The summed E-state index contributed by atoms with van der Waals surface area (Å²) in [4.78, 5) is 1.74. The Bertz CT molecular complexity index is 593. The average Bonchev–Trinajstić information content (AvgIpc) is 2.32. The molecule has 8 heteroatoms. The van der Waals surface area contributed by atoms with E-state index in [9.17, 15) is 12.8 Å². The zero-order chi connectivity index (χ0) is 16.2. The van der Waals surface area contributed by atoms with Gasteiger partial charge in [-0.15, -0.1) is 0 Å². The standard InChI is InChI=1S/C13H21ClFN3O2S/c1-9(8-18(3)4)17-21(19,20)11-5-10(7-16-2)13(14)12(15)6-11/h5-6,9,16-17H,7-8H2,1-4H3. The van der Waals surface area contributed by atoms with Crippen LogP contribution in [-0.4, -0.2) is 47.0 Å². The van der Waals surface area contributed by atoms with Crippen LogP contribution in [0, 0.1) is 5.82 Å². The van der Waals surface area contributed by atoms with E-state index in [0.29, 0.717) is 12.1 Å². The van der Waals surface area contributed by atoms with Gasteiger partial charge in [0.15, 0.2) is 0 Å². The van der Waals surface area contributed by atoms with E-state index in [1.54, 1.807) is 14.0 Å². The molecule has 0 aliphatic carbocycles. The molecule has 1 rings (SSSR count). The number of likely N-dealkylation sites (N-methyl/N-ethyl adjacent to an activating group) is 1. The summed E-state index contributed by atoms with van der Waals surface area (Å²) >= 11 is 5.83. The van der Waals surface area contributed by atoms with Crippen LogP contribution in [0.4, 0.5) is 4.39 Å². The van der Waals surface area contributed by atoms with Crippen molar-refractivity contribution in [1.29, 1.82) is 0 Å². The van der Waals surface area contributed by atoms with Gasteiger partial charge >= 0.3 is 0 Å². The van der Waals surface area contributed by atoms with Crippen LogP contribution >= 0.6 is 11.6 Å². The van der Waals surface area contributed by atoms with Crippen molar-refractivity contribution in [2.24, 2.45) is 0 Å². The van der Waals surface area contributed by atoms with Crippen LogP contribution in [0.5, 0.6) is 0 Å². The van der Waals surface area contributed by atoms with E-state index in [2.05, 4.69) is 10.0 Å². The Kier molecular flexibility index (Phi) is 6.55. The fourth-order valence-corrected chi connectivity index (χ4v) is 3.48. The third-order valence-corrected chi connectivity index (χ3v) is 4.74. The number of hydrogen-bond acceptors (Lipinski definition) is 4. The molecule has 1 aromatic rings. The number of sulfonamides is 1. The Labute approximate surface area is 130 Å². The van der Waals surface area contributed by atoms with E-state index < -0.39 is 15.8 Å². The smallest absolute Gasteiger partial charge is 0.240 e. The SMILES string of the molecule is CNCc1cc(S(=O)(=O)NC(C)CN(C)C)cc(F)c1Cl. The van der Waals surface area contributed by atoms with Gasteiger partial charge in [-0.25, -0.2) is 17.5 Å². The Morgan fingerprint density at radius 3 is 2.52 bits per heavy atom. The Hall–Kier alpha value is -0.730. The van der Waals surface area contributed by atoms with Crippen molar-refractivity contribution in [2.45, 2.75) is 24.4 Å². The third-order valence-electron chi connectivity index (χ3n) is 2.75. The summed E-state index contributed by atoms with van der Waals surface area (Å²) in [6.07, 6.45) is 0. The van der Waals surface area contributed by atoms with E-state index in [1.807, 2.05) is 19.0 Å². The fraction of sp³-hybridized carbons (Fsp3) is 0.538. The topological polar surface area (TPSA) is 61.4 Å². The minimum Gasteiger partial charge on any atom is -0.316 e. The fourth-order valence-electron chi connectivity index (χ4n) is 2.01. The Morgan fingerprint density at radius 2 is 2.00 bits per heavy atom. The lowest BCUT2D eigenvalue weighted by atomic mass is 10.2. The molecule has 2 N–H and O–H groups in total. The van der Waals surface area contributed by atoms with E-state index in [0.717, 1.165) is 6.07 Å². The molecule has 0 aromatic heterocycles. The van der Waals surface area contributed by atoms with Gasteiger partial charge in [0.2, 0.25) is 10.0 Å². The number of halogens is 2. The summed E-state index contributed by atoms with van der Waals surface area (Å²) in [5, 5.41) is 2.76. The van der Waals surface area contributed by atoms with Gasteiger partial charge in [-0.1, -0.05) is 11.6 Å². The minimum absolute atomic E-state index is 0.0651. The molecule has 21 heavy (non-hydrogen) atoms. The van der Waals surface area contributed by atoms with Gasteiger partial charge in [-0.05, 0) is 45.8 Å². The zero-order valence-electron chi connectivity index (χ0n) is 12.6. The van der Waals surface area contributed by atoms with Crippen LogP contribution < -0.4 is 10.0 Å². The van der Waals surface area contributed by atoms with Crippen molar-refractivity contribution < 1.29 is 12.8 Å². The molecule has 5 nitrogen and oxygen atoms in total. The molecule has 120 valence electrons. The van der Waals surface area contributed by atoms with E-state index >= 15 is 0 Å². The van der Waals surface area contributed by atoms with E-state index in [-0.39, 0.29) is 22.5 Å². The average molecular weight is 338 g/mol. The molecule has 1 aromatic carbocycles. The normalized spacial score (nSPS) is 13.7. The van der Waals surface area contributed by atoms with Gasteiger partial charge in [-0.3, -0.25) is 0 Å². The van der Waals surface area contributed by atoms with Crippen molar-refractivity contribution in [1.82, 2.24) is 14.9 Å². The highest BCUT2D eigenvalue weighted by Gasteiger charge is 2.21. The van der Waals surface area contributed by atoms with E-state index in [4.69, 9.17) is 11.6 Å². The summed E-state index contributed by atoms with van der Waals surface area (Å²) in [5.41, 5.74) is 0.403.